The number of aliphatic carboxylic acids is 1. The van der Waals surface area contributed by atoms with Crippen molar-refractivity contribution in [1.82, 2.24) is 9.96 Å². The van der Waals surface area contributed by atoms with Crippen molar-refractivity contribution in [3.8, 4) is 0 Å². The van der Waals surface area contributed by atoms with Crippen LogP contribution in [0, 0.1) is 5.92 Å². The summed E-state index contributed by atoms with van der Waals surface area (Å²) in [6.07, 6.45) is 0.196. The molecule has 3 atom stereocenters. The van der Waals surface area contributed by atoms with Gasteiger partial charge in [0, 0.05) is 18.9 Å². The lowest BCUT2D eigenvalue weighted by molar-refractivity contribution is -0.155. The second kappa shape index (κ2) is 4.91. The highest BCUT2D eigenvalue weighted by molar-refractivity contribution is 7.80. The van der Waals surface area contributed by atoms with E-state index in [-0.39, 0.29) is 19.4 Å². The van der Waals surface area contributed by atoms with Crippen LogP contribution in [-0.4, -0.2) is 64.6 Å². The molecule has 0 spiro atoms. The highest BCUT2D eigenvalue weighted by atomic mass is 32.3. The largest absolute Gasteiger partial charge is 0.478 e. The Bertz CT molecular complexity index is 592. The number of carbonyl (C=O) groups excluding carboxylic acids is 2. The molecule has 0 aromatic heterocycles. The molecule has 2 fully saturated rings. The minimum absolute atomic E-state index is 0.0562. The van der Waals surface area contributed by atoms with E-state index < -0.39 is 40.0 Å². The lowest BCUT2D eigenvalue weighted by Gasteiger charge is -2.42. The molecule has 2 aliphatic heterocycles. The summed E-state index contributed by atoms with van der Waals surface area (Å²) in [6, 6.07) is -1.93. The quantitative estimate of drug-likeness (QED) is 0.389. The third-order valence-corrected chi connectivity index (χ3v) is 4.02. The van der Waals surface area contributed by atoms with E-state index in [4.69, 9.17) is 10.3 Å². The monoisotopic (exact) mass is 323 g/mol. The van der Waals surface area contributed by atoms with Crippen molar-refractivity contribution in [3.63, 3.8) is 0 Å². The van der Waals surface area contributed by atoms with Gasteiger partial charge in [-0.2, -0.15) is 13.5 Å². The molecule has 2 saturated heterocycles. The average molecular weight is 323 g/mol. The zero-order chi connectivity index (χ0) is 16.0. The molecule has 2 heterocycles. The Balaban J connectivity index is 2.39. The second-order valence-electron chi connectivity index (χ2n) is 4.84. The van der Waals surface area contributed by atoms with E-state index in [1.54, 1.807) is 0 Å². The Morgan fingerprint density at radius 3 is 2.67 bits per heavy atom. The lowest BCUT2D eigenvalue weighted by Crippen LogP contribution is -2.68. The van der Waals surface area contributed by atoms with Crippen molar-refractivity contribution in [2.45, 2.75) is 24.5 Å². The van der Waals surface area contributed by atoms with E-state index in [2.05, 4.69) is 4.28 Å². The van der Waals surface area contributed by atoms with Crippen molar-refractivity contribution in [1.29, 1.82) is 0 Å². The van der Waals surface area contributed by atoms with Gasteiger partial charge in [0.1, 0.15) is 6.29 Å². The number of piperidine rings is 1. The molecule has 21 heavy (non-hydrogen) atoms. The summed E-state index contributed by atoms with van der Waals surface area (Å²) in [5, 5.41) is 9.66. The van der Waals surface area contributed by atoms with Gasteiger partial charge in [0.15, 0.2) is 5.66 Å². The number of carboxylic acid groups (broad SMARTS) is 1. The number of carboxylic acids is 1. The fourth-order valence-corrected chi connectivity index (χ4v) is 3.11. The molecule has 12 heteroatoms. The van der Waals surface area contributed by atoms with Gasteiger partial charge >= 0.3 is 22.4 Å². The van der Waals surface area contributed by atoms with Crippen LogP contribution in [0.5, 0.6) is 0 Å². The lowest BCUT2D eigenvalue weighted by atomic mass is 9.81. The van der Waals surface area contributed by atoms with E-state index in [0.29, 0.717) is 11.3 Å². The van der Waals surface area contributed by atoms with Crippen LogP contribution in [0.1, 0.15) is 12.8 Å². The van der Waals surface area contributed by atoms with Crippen molar-refractivity contribution in [3.05, 3.63) is 0 Å². The Labute approximate surface area is 119 Å². The van der Waals surface area contributed by atoms with E-state index >= 15 is 0 Å². The van der Waals surface area contributed by atoms with Crippen LogP contribution < -0.4 is 5.73 Å². The van der Waals surface area contributed by atoms with E-state index in [9.17, 15) is 27.9 Å². The van der Waals surface area contributed by atoms with Crippen LogP contribution in [0.2, 0.25) is 0 Å². The number of hydrogen-bond donors (Lipinski definition) is 3. The summed E-state index contributed by atoms with van der Waals surface area (Å²) in [5.41, 5.74) is 3.64. The van der Waals surface area contributed by atoms with Gasteiger partial charge < -0.3 is 9.90 Å². The van der Waals surface area contributed by atoms with Crippen molar-refractivity contribution < 1.29 is 36.7 Å². The molecule has 0 aromatic carbocycles. The normalized spacial score (nSPS) is 32.4. The average Bonchev–Trinajstić information content (AvgIpc) is 2.61. The van der Waals surface area contributed by atoms with Gasteiger partial charge in [0.2, 0.25) is 0 Å². The molecule has 3 unspecified atom stereocenters. The number of hydroxylamine groups is 2. The number of nitrogens with zero attached hydrogens (tertiary/aromatic N) is 2. The topological polar surface area (TPSA) is 168 Å². The fourth-order valence-electron chi connectivity index (χ4n) is 2.72. The molecule has 0 aromatic rings. The highest BCUT2D eigenvalue weighted by Gasteiger charge is 2.61. The summed E-state index contributed by atoms with van der Waals surface area (Å²) in [6.45, 7) is -0.188. The van der Waals surface area contributed by atoms with Gasteiger partial charge in [-0.1, -0.05) is 0 Å². The maximum absolute atomic E-state index is 12.1. The number of fused-ring (bicyclic) bond motifs is 2. The molecule has 118 valence electrons. The molecular formula is C9H13N3O8S. The van der Waals surface area contributed by atoms with Gasteiger partial charge in [-0.05, 0) is 6.42 Å². The first-order valence-electron chi connectivity index (χ1n) is 5.85. The predicted octanol–water partition coefficient (Wildman–Crippen LogP) is -1.82. The third-order valence-electron chi connectivity index (χ3n) is 3.67. The molecule has 2 rings (SSSR count). The second-order valence-corrected chi connectivity index (χ2v) is 5.85. The number of hydrogen-bond acceptors (Lipinski definition) is 7. The molecule has 0 radical (unpaired) electrons. The van der Waals surface area contributed by atoms with Crippen LogP contribution in [0.15, 0.2) is 0 Å². The predicted molar refractivity (Wildman–Crippen MR) is 63.7 cm³/mol. The number of aldehydes is 1. The zero-order valence-electron chi connectivity index (χ0n) is 10.6. The van der Waals surface area contributed by atoms with Crippen LogP contribution in [0.3, 0.4) is 0 Å². The van der Waals surface area contributed by atoms with Gasteiger partial charge in [-0.3, -0.25) is 15.2 Å². The van der Waals surface area contributed by atoms with Gasteiger partial charge in [-0.25, -0.2) is 9.59 Å². The summed E-state index contributed by atoms with van der Waals surface area (Å²) in [5.74, 6) is -2.43. The molecule has 4 N–H and O–H groups in total. The maximum atomic E-state index is 12.1. The van der Waals surface area contributed by atoms with Crippen LogP contribution in [0.25, 0.3) is 0 Å². The molecule has 0 saturated carbocycles. The third kappa shape index (κ3) is 2.46. The standard InChI is InChI=1S/C9H13N3O8S/c10-9(7(14)15)5(1-2-13)3-6-4-11(9)8(16)12(6)20-21(17,18)19/h2,5-6H,1,3-4,10H2,(H,14,15)(H,17,18,19). The summed E-state index contributed by atoms with van der Waals surface area (Å²) in [7, 11) is -4.95. The number of urea groups is 1. The molecule has 11 nitrogen and oxygen atoms in total. The van der Waals surface area contributed by atoms with E-state index in [0.717, 1.165) is 4.90 Å². The molecule has 0 aliphatic carbocycles. The van der Waals surface area contributed by atoms with Crippen molar-refractivity contribution >= 4 is 28.7 Å². The molecular weight excluding hydrogens is 310 g/mol. The summed E-state index contributed by atoms with van der Waals surface area (Å²) >= 11 is 0. The zero-order valence-corrected chi connectivity index (χ0v) is 11.4. The number of rotatable bonds is 5. The van der Waals surface area contributed by atoms with Gasteiger partial charge in [-0.15, -0.1) is 4.28 Å². The number of amides is 2. The molecule has 2 amide bonds. The Kier molecular flexibility index (Phi) is 3.65. The minimum atomic E-state index is -4.95. The van der Waals surface area contributed by atoms with Crippen LogP contribution >= 0.6 is 0 Å². The maximum Gasteiger partial charge on any atom is 0.418 e. The fraction of sp³-hybridized carbons (Fsp3) is 0.667. The van der Waals surface area contributed by atoms with Crippen LogP contribution in [0.4, 0.5) is 4.79 Å². The molecule has 2 bridgehead atoms. The van der Waals surface area contributed by atoms with Crippen molar-refractivity contribution in [2.24, 2.45) is 11.7 Å². The number of carbonyl (C=O) groups is 3. The Hall–Kier alpha value is -1.76. The Morgan fingerprint density at radius 2 is 2.19 bits per heavy atom. The summed E-state index contributed by atoms with van der Waals surface area (Å²) in [4.78, 5) is 34.9. The molecule has 2 aliphatic rings. The van der Waals surface area contributed by atoms with Gasteiger partial charge in [0.25, 0.3) is 0 Å². The smallest absolute Gasteiger partial charge is 0.418 e. The van der Waals surface area contributed by atoms with E-state index in [1.807, 2.05) is 0 Å². The highest BCUT2D eigenvalue weighted by Crippen LogP contribution is 2.39. The van der Waals surface area contributed by atoms with Crippen LogP contribution in [-0.2, 0) is 24.3 Å². The first-order chi connectivity index (χ1) is 9.61. The minimum Gasteiger partial charge on any atom is -0.478 e. The number of nitrogens with two attached hydrogens (primary N) is 1. The van der Waals surface area contributed by atoms with Gasteiger partial charge in [0.05, 0.1) is 6.04 Å². The van der Waals surface area contributed by atoms with Crippen molar-refractivity contribution in [2.75, 3.05) is 6.54 Å². The Morgan fingerprint density at radius 1 is 1.57 bits per heavy atom. The van der Waals surface area contributed by atoms with E-state index in [1.165, 1.54) is 0 Å². The summed E-state index contributed by atoms with van der Waals surface area (Å²) < 4.78 is 34.3. The SMILES string of the molecule is NC1(C(=O)O)C(CC=O)CC2CN1C(=O)N2OS(=O)(=O)O. The first-order valence-corrected chi connectivity index (χ1v) is 7.21. The first kappa shape index (κ1) is 15.6.